The molecule has 2 aliphatic rings. The van der Waals surface area contributed by atoms with Crippen molar-refractivity contribution in [2.45, 2.75) is 81.6 Å². The van der Waals surface area contributed by atoms with Gasteiger partial charge in [0.1, 0.15) is 29.9 Å². The van der Waals surface area contributed by atoms with Gasteiger partial charge in [0, 0.05) is 26.6 Å². The highest BCUT2D eigenvalue weighted by molar-refractivity contribution is 5.97. The third-order valence-corrected chi connectivity index (χ3v) is 9.32. The zero-order valence-electron chi connectivity index (χ0n) is 29.2. The minimum absolute atomic E-state index is 0.0429. The molecule has 0 bridgehead atoms. The smallest absolute Gasteiger partial charge is 0.246 e. The molecule has 2 fully saturated rings. The van der Waals surface area contributed by atoms with Gasteiger partial charge in [0.05, 0.1) is 19.0 Å². The van der Waals surface area contributed by atoms with Gasteiger partial charge < -0.3 is 47.6 Å². The van der Waals surface area contributed by atoms with E-state index in [0.29, 0.717) is 36.8 Å². The Kier molecular flexibility index (Phi) is 14.1. The SMILES string of the molecule is CN1C(=O)CNC(=O)[C@H](NC(=O)[C@@H](N)Cc2ccc(O)cc2)CCCCNC(=O)C[C@H](C(=O)N2CCC[C@H]2C(N)=O)NC(=O)[C@@H]1Cc1ccccc1. The normalized spacial score (nSPS) is 23.1. The number of hydrogen-bond acceptors (Lipinski definition) is 9. The van der Waals surface area contributed by atoms with Gasteiger partial charge in [-0.1, -0.05) is 42.5 Å². The summed E-state index contributed by atoms with van der Waals surface area (Å²) >= 11 is 0. The van der Waals surface area contributed by atoms with Crippen LogP contribution < -0.4 is 32.7 Å². The first-order valence-electron chi connectivity index (χ1n) is 17.4. The lowest BCUT2D eigenvalue weighted by Crippen LogP contribution is -2.58. The second-order valence-electron chi connectivity index (χ2n) is 13.2. The van der Waals surface area contributed by atoms with Crippen LogP contribution in [0.25, 0.3) is 0 Å². The van der Waals surface area contributed by atoms with Gasteiger partial charge in [-0.25, -0.2) is 0 Å². The first-order chi connectivity index (χ1) is 24.8. The first-order valence-corrected chi connectivity index (χ1v) is 17.4. The van der Waals surface area contributed by atoms with E-state index in [1.165, 1.54) is 24.1 Å². The van der Waals surface area contributed by atoms with E-state index in [2.05, 4.69) is 21.3 Å². The van der Waals surface area contributed by atoms with Gasteiger partial charge in [0.2, 0.25) is 41.4 Å². The molecule has 4 rings (SSSR count). The molecule has 2 aromatic rings. The number of amides is 7. The lowest BCUT2D eigenvalue weighted by Gasteiger charge is -2.31. The van der Waals surface area contributed by atoms with Crippen molar-refractivity contribution in [2.75, 3.05) is 26.7 Å². The van der Waals surface area contributed by atoms with Crippen molar-refractivity contribution in [3.8, 4) is 5.75 Å². The number of phenolic OH excluding ortho intramolecular Hbond substituents is 1. The topological polar surface area (TPSA) is 246 Å². The standard InChI is InChI=1S/C36H48N8O8/c1-43-29(19-22-8-3-2-4-9-22)35(51)42-27(36(52)44-17-7-11-28(44)32(38)48)20-30(46)39-16-6-5-10-26(34(50)40-21-31(43)47)41-33(49)25(37)18-23-12-14-24(45)15-13-23/h2-4,8-9,12-15,25-29,45H,5-7,10-11,16-21,37H2,1H3,(H2,38,48)(H,39,46)(H,40,50)(H,41,49)(H,42,51)/t25-,26+,27+,28-,29-/m0/s1. The summed E-state index contributed by atoms with van der Waals surface area (Å²) in [4.78, 5) is 95.4. The fourth-order valence-corrected chi connectivity index (χ4v) is 6.31. The predicted molar refractivity (Wildman–Crippen MR) is 189 cm³/mol. The molecule has 2 heterocycles. The van der Waals surface area contributed by atoms with Crippen LogP contribution in [-0.2, 0) is 46.4 Å². The monoisotopic (exact) mass is 720 g/mol. The maximum Gasteiger partial charge on any atom is 0.246 e. The summed E-state index contributed by atoms with van der Waals surface area (Å²) in [6, 6.07) is 9.62. The summed E-state index contributed by atoms with van der Waals surface area (Å²) in [5.74, 6) is -4.37. The van der Waals surface area contributed by atoms with Crippen molar-refractivity contribution >= 4 is 41.4 Å². The number of likely N-dealkylation sites (tertiary alicyclic amines) is 1. The minimum atomic E-state index is -1.35. The van der Waals surface area contributed by atoms with Crippen molar-refractivity contribution in [1.82, 2.24) is 31.1 Å². The Bertz CT molecular complexity index is 1600. The number of aromatic hydroxyl groups is 1. The number of carbonyl (C=O) groups is 7. The molecule has 2 aromatic carbocycles. The molecular weight excluding hydrogens is 672 g/mol. The third-order valence-electron chi connectivity index (χ3n) is 9.32. The van der Waals surface area contributed by atoms with E-state index in [9.17, 15) is 38.7 Å². The van der Waals surface area contributed by atoms with Crippen molar-refractivity contribution in [3.05, 3.63) is 65.7 Å². The Morgan fingerprint density at radius 2 is 1.63 bits per heavy atom. The van der Waals surface area contributed by atoms with E-state index in [0.717, 1.165) is 4.90 Å². The van der Waals surface area contributed by atoms with Crippen LogP contribution in [0.2, 0.25) is 0 Å². The molecule has 16 nitrogen and oxygen atoms in total. The second kappa shape index (κ2) is 18.6. The average molecular weight is 721 g/mol. The van der Waals surface area contributed by atoms with Crippen LogP contribution in [0.1, 0.15) is 49.7 Å². The predicted octanol–water partition coefficient (Wildman–Crippen LogP) is -1.42. The van der Waals surface area contributed by atoms with Crippen molar-refractivity contribution < 1.29 is 38.7 Å². The number of nitrogens with two attached hydrogens (primary N) is 2. The van der Waals surface area contributed by atoms with Gasteiger partial charge in [0.25, 0.3) is 0 Å². The van der Waals surface area contributed by atoms with Crippen LogP contribution >= 0.6 is 0 Å². The molecule has 2 saturated heterocycles. The lowest BCUT2D eigenvalue weighted by molar-refractivity contribution is -0.144. The Labute approximate surface area is 302 Å². The molecule has 0 saturated carbocycles. The molecule has 0 aromatic heterocycles. The van der Waals surface area contributed by atoms with Crippen LogP contribution in [-0.4, -0.2) is 113 Å². The molecule has 2 aliphatic heterocycles. The fraction of sp³-hybridized carbons (Fsp3) is 0.472. The van der Waals surface area contributed by atoms with Crippen LogP contribution in [0.3, 0.4) is 0 Å². The Morgan fingerprint density at radius 1 is 0.923 bits per heavy atom. The first kappa shape index (κ1) is 39.3. The maximum atomic E-state index is 14.0. The number of carbonyl (C=O) groups excluding carboxylic acids is 7. The Hall–Kier alpha value is -5.51. The van der Waals surface area contributed by atoms with E-state index in [1.54, 1.807) is 42.5 Å². The molecule has 0 spiro atoms. The van der Waals surface area contributed by atoms with E-state index < -0.39 is 84.5 Å². The van der Waals surface area contributed by atoms with Crippen molar-refractivity contribution in [2.24, 2.45) is 11.5 Å². The van der Waals surface area contributed by atoms with Gasteiger partial charge in [-0.2, -0.15) is 0 Å². The van der Waals surface area contributed by atoms with E-state index in [-0.39, 0.29) is 38.1 Å². The van der Waals surface area contributed by atoms with Crippen LogP contribution in [0.15, 0.2) is 54.6 Å². The molecule has 0 aliphatic carbocycles. The summed E-state index contributed by atoms with van der Waals surface area (Å²) in [5.41, 5.74) is 13.1. The number of likely N-dealkylation sites (N-methyl/N-ethyl adjacent to an activating group) is 1. The molecule has 52 heavy (non-hydrogen) atoms. The number of nitrogens with zero attached hydrogens (tertiary/aromatic N) is 2. The summed E-state index contributed by atoms with van der Waals surface area (Å²) in [6.07, 6.45) is 1.58. The van der Waals surface area contributed by atoms with Gasteiger partial charge in [-0.05, 0) is 61.8 Å². The van der Waals surface area contributed by atoms with Crippen LogP contribution in [0.5, 0.6) is 5.75 Å². The zero-order chi connectivity index (χ0) is 37.8. The molecule has 0 radical (unpaired) electrons. The Morgan fingerprint density at radius 3 is 2.33 bits per heavy atom. The highest BCUT2D eigenvalue weighted by Gasteiger charge is 2.39. The van der Waals surface area contributed by atoms with E-state index >= 15 is 0 Å². The minimum Gasteiger partial charge on any atom is -0.508 e. The van der Waals surface area contributed by atoms with Crippen LogP contribution in [0.4, 0.5) is 0 Å². The molecule has 9 N–H and O–H groups in total. The van der Waals surface area contributed by atoms with Crippen molar-refractivity contribution in [3.63, 3.8) is 0 Å². The highest BCUT2D eigenvalue weighted by Crippen LogP contribution is 2.20. The number of primary amides is 1. The highest BCUT2D eigenvalue weighted by atomic mass is 16.3. The number of hydrogen-bond donors (Lipinski definition) is 7. The average Bonchev–Trinajstić information content (AvgIpc) is 3.63. The van der Waals surface area contributed by atoms with Gasteiger partial charge in [-0.15, -0.1) is 0 Å². The third kappa shape index (κ3) is 11.0. The zero-order valence-corrected chi connectivity index (χ0v) is 29.2. The largest absolute Gasteiger partial charge is 0.508 e. The van der Waals surface area contributed by atoms with E-state index in [1.807, 2.05) is 0 Å². The molecule has 0 unspecified atom stereocenters. The Balaban J connectivity index is 1.55. The van der Waals surface area contributed by atoms with Crippen LogP contribution in [0, 0.1) is 0 Å². The number of phenols is 1. The quantitative estimate of drug-likeness (QED) is 0.169. The number of benzene rings is 2. The summed E-state index contributed by atoms with van der Waals surface area (Å²) in [7, 11) is 1.39. The number of rotatable bonds is 8. The van der Waals surface area contributed by atoms with Gasteiger partial charge in [-0.3, -0.25) is 33.6 Å². The van der Waals surface area contributed by atoms with Gasteiger partial charge in [0.15, 0.2) is 0 Å². The van der Waals surface area contributed by atoms with Gasteiger partial charge >= 0.3 is 0 Å². The maximum absolute atomic E-state index is 14.0. The molecule has 280 valence electrons. The molecule has 5 atom stereocenters. The number of nitrogens with one attached hydrogen (secondary N) is 4. The van der Waals surface area contributed by atoms with Crippen molar-refractivity contribution in [1.29, 1.82) is 0 Å². The molecule has 7 amide bonds. The lowest BCUT2D eigenvalue weighted by atomic mass is 10.0. The fourth-order valence-electron chi connectivity index (χ4n) is 6.31. The summed E-state index contributed by atoms with van der Waals surface area (Å²) < 4.78 is 0. The molecule has 16 heteroatoms. The van der Waals surface area contributed by atoms with E-state index in [4.69, 9.17) is 11.5 Å². The molecular formula is C36H48N8O8. The second-order valence-corrected chi connectivity index (χ2v) is 13.2. The summed E-state index contributed by atoms with van der Waals surface area (Å²) in [5, 5.41) is 20.2. The summed E-state index contributed by atoms with van der Waals surface area (Å²) in [6.45, 7) is -0.108.